The third-order valence-corrected chi connectivity index (χ3v) is 9.21. The van der Waals surface area contributed by atoms with Crippen LogP contribution in [-0.2, 0) is 16.8 Å². The van der Waals surface area contributed by atoms with Gasteiger partial charge in [0.05, 0.1) is 5.56 Å². The van der Waals surface area contributed by atoms with E-state index in [1.165, 1.54) is 28.0 Å². The van der Waals surface area contributed by atoms with Crippen LogP contribution >= 0.6 is 11.6 Å². The minimum absolute atomic E-state index is 0.113. The van der Waals surface area contributed by atoms with E-state index < -0.39 is 23.2 Å². The normalized spacial score (nSPS) is 19.4. The lowest BCUT2D eigenvalue weighted by Gasteiger charge is -2.44. The van der Waals surface area contributed by atoms with Crippen molar-refractivity contribution in [1.29, 1.82) is 0 Å². The molecule has 1 aromatic heterocycles. The van der Waals surface area contributed by atoms with Gasteiger partial charge in [0.15, 0.2) is 0 Å². The van der Waals surface area contributed by atoms with Gasteiger partial charge in [0.1, 0.15) is 11.0 Å². The van der Waals surface area contributed by atoms with Crippen molar-refractivity contribution in [1.82, 2.24) is 14.8 Å². The number of aromatic nitrogens is 1. The Bertz CT molecular complexity index is 1290. The number of alkyl halides is 3. The number of piperidine rings is 2. The third-order valence-electron chi connectivity index (χ3n) is 8.92. The molecule has 42 heavy (non-hydrogen) atoms. The number of rotatable bonds is 7. The quantitative estimate of drug-likeness (QED) is 0.409. The van der Waals surface area contributed by atoms with Gasteiger partial charge in [-0.3, -0.25) is 9.59 Å². The standard InChI is InChI=1S/C31H40ClF3N4O3/c1-5-21-7-6-8-23(19-21)30(42,31(33,34)35)28(41)39-17-13-29(2,14-18-39)20-22-11-15-38(16-12-22)25-10-9-24(26(32)36-25)27(40)37(3)4/h6-10,19,22,42H,5,11-18,20H2,1-4H3. The van der Waals surface area contributed by atoms with E-state index in [-0.39, 0.29) is 29.6 Å². The van der Waals surface area contributed by atoms with Crippen LogP contribution in [0.15, 0.2) is 36.4 Å². The molecule has 3 heterocycles. The van der Waals surface area contributed by atoms with Crippen LogP contribution in [0.2, 0.25) is 5.15 Å². The van der Waals surface area contributed by atoms with Crippen molar-refractivity contribution < 1.29 is 27.9 Å². The number of aliphatic hydroxyl groups is 1. The van der Waals surface area contributed by atoms with Gasteiger partial charge in [0.25, 0.3) is 17.4 Å². The average Bonchev–Trinajstić information content (AvgIpc) is 2.96. The van der Waals surface area contributed by atoms with E-state index >= 15 is 0 Å². The summed E-state index contributed by atoms with van der Waals surface area (Å²) < 4.78 is 42.7. The number of amides is 2. The van der Waals surface area contributed by atoms with E-state index in [9.17, 15) is 27.9 Å². The van der Waals surface area contributed by atoms with Gasteiger partial charge in [0, 0.05) is 45.8 Å². The lowest BCUT2D eigenvalue weighted by Crippen LogP contribution is -2.57. The summed E-state index contributed by atoms with van der Waals surface area (Å²) in [5.74, 6) is -0.341. The molecule has 1 unspecified atom stereocenters. The molecule has 0 saturated carbocycles. The summed E-state index contributed by atoms with van der Waals surface area (Å²) in [6.07, 6.45) is -0.747. The molecule has 1 N–H and O–H groups in total. The largest absolute Gasteiger partial charge is 0.430 e. The van der Waals surface area contributed by atoms with Crippen LogP contribution in [0.1, 0.15) is 67.4 Å². The SMILES string of the molecule is CCc1cccc(C(O)(C(=O)N2CCC(C)(CC3CCN(c4ccc(C(=O)N(C)C)c(Cl)n4)CC3)CC2)C(F)(F)F)c1. The Balaban J connectivity index is 1.35. The molecule has 1 atom stereocenters. The second kappa shape index (κ2) is 12.4. The van der Waals surface area contributed by atoms with Gasteiger partial charge in [-0.25, -0.2) is 4.98 Å². The zero-order valence-electron chi connectivity index (χ0n) is 24.7. The molecule has 2 aliphatic heterocycles. The number of anilines is 1. The second-order valence-corrected chi connectivity index (χ2v) is 12.6. The number of halogens is 4. The molecule has 2 saturated heterocycles. The number of pyridine rings is 1. The molecule has 2 amide bonds. The van der Waals surface area contributed by atoms with Crippen molar-refractivity contribution in [3.63, 3.8) is 0 Å². The molecule has 11 heteroatoms. The summed E-state index contributed by atoms with van der Waals surface area (Å²) in [6, 6.07) is 9.09. The number of hydrogen-bond donors (Lipinski definition) is 1. The number of hydrogen-bond acceptors (Lipinski definition) is 5. The fraction of sp³-hybridized carbons (Fsp3) is 0.581. The zero-order valence-corrected chi connectivity index (χ0v) is 25.4. The zero-order chi connectivity index (χ0) is 30.9. The van der Waals surface area contributed by atoms with Crippen LogP contribution in [0.25, 0.3) is 0 Å². The van der Waals surface area contributed by atoms with E-state index in [1.807, 2.05) is 13.0 Å². The highest BCUT2D eigenvalue weighted by Crippen LogP contribution is 2.44. The van der Waals surface area contributed by atoms with Crippen molar-refractivity contribution in [2.45, 2.75) is 64.1 Å². The van der Waals surface area contributed by atoms with Crippen LogP contribution in [0, 0.1) is 11.3 Å². The first-order valence-corrected chi connectivity index (χ1v) is 14.9. The van der Waals surface area contributed by atoms with Crippen LogP contribution in [0.5, 0.6) is 0 Å². The first-order chi connectivity index (χ1) is 19.7. The van der Waals surface area contributed by atoms with E-state index in [4.69, 9.17) is 11.6 Å². The van der Waals surface area contributed by atoms with Crippen LogP contribution in [-0.4, -0.2) is 78.2 Å². The smallest absolute Gasteiger partial charge is 0.369 e. The third kappa shape index (κ3) is 6.54. The molecule has 7 nitrogen and oxygen atoms in total. The molecule has 0 spiro atoms. The molecule has 1 aromatic carbocycles. The van der Waals surface area contributed by atoms with Crippen LogP contribution in [0.3, 0.4) is 0 Å². The van der Waals surface area contributed by atoms with Crippen molar-refractivity contribution in [2.24, 2.45) is 11.3 Å². The Morgan fingerprint density at radius 2 is 1.74 bits per heavy atom. The Hall–Kier alpha value is -2.85. The maximum atomic E-state index is 14.2. The Morgan fingerprint density at radius 1 is 1.10 bits per heavy atom. The molecule has 0 bridgehead atoms. The Kier molecular flexibility index (Phi) is 9.47. The number of likely N-dealkylation sites (tertiary alicyclic amines) is 1. The molecule has 230 valence electrons. The molecule has 0 aliphatic carbocycles. The van der Waals surface area contributed by atoms with Crippen LogP contribution < -0.4 is 4.90 Å². The van der Waals surface area contributed by atoms with Gasteiger partial charge in [-0.15, -0.1) is 0 Å². The molecule has 4 rings (SSSR count). The lowest BCUT2D eigenvalue weighted by atomic mass is 9.71. The number of carbonyl (C=O) groups excluding carboxylic acids is 2. The molecule has 0 radical (unpaired) electrons. The molecular weight excluding hydrogens is 569 g/mol. The van der Waals surface area contributed by atoms with Gasteiger partial charge in [-0.1, -0.05) is 49.7 Å². The summed E-state index contributed by atoms with van der Waals surface area (Å²) in [6.45, 7) is 5.85. The minimum Gasteiger partial charge on any atom is -0.369 e. The Labute approximate surface area is 250 Å². The first-order valence-electron chi connectivity index (χ1n) is 14.5. The molecule has 2 aliphatic rings. The number of aryl methyl sites for hydroxylation is 1. The molecule has 2 aromatic rings. The maximum Gasteiger partial charge on any atom is 0.430 e. The molecular formula is C31H40ClF3N4O3. The molecule has 2 fully saturated rings. The van der Waals surface area contributed by atoms with E-state index in [2.05, 4.69) is 16.8 Å². The van der Waals surface area contributed by atoms with E-state index in [0.29, 0.717) is 36.3 Å². The maximum absolute atomic E-state index is 14.2. The highest BCUT2D eigenvalue weighted by atomic mass is 35.5. The summed E-state index contributed by atoms with van der Waals surface area (Å²) in [5, 5.41) is 11.1. The van der Waals surface area contributed by atoms with Gasteiger partial charge >= 0.3 is 6.18 Å². The minimum atomic E-state index is -5.15. The van der Waals surface area contributed by atoms with Gasteiger partial charge in [-0.05, 0) is 67.6 Å². The summed E-state index contributed by atoms with van der Waals surface area (Å²) in [4.78, 5) is 34.8. The predicted molar refractivity (Wildman–Crippen MR) is 157 cm³/mol. The number of nitrogens with zero attached hydrogens (tertiary/aromatic N) is 4. The Morgan fingerprint density at radius 3 is 2.29 bits per heavy atom. The number of carbonyl (C=O) groups is 2. The summed E-state index contributed by atoms with van der Waals surface area (Å²) in [7, 11) is 3.32. The average molecular weight is 609 g/mol. The van der Waals surface area contributed by atoms with Gasteiger partial charge < -0.3 is 19.8 Å². The van der Waals surface area contributed by atoms with Crippen molar-refractivity contribution in [3.05, 3.63) is 58.2 Å². The highest BCUT2D eigenvalue weighted by Gasteiger charge is 2.62. The first kappa shape index (κ1) is 32.1. The topological polar surface area (TPSA) is 77.0 Å². The van der Waals surface area contributed by atoms with Crippen molar-refractivity contribution in [2.75, 3.05) is 45.2 Å². The highest BCUT2D eigenvalue weighted by molar-refractivity contribution is 6.32. The van der Waals surface area contributed by atoms with Crippen molar-refractivity contribution in [3.8, 4) is 0 Å². The fourth-order valence-corrected chi connectivity index (χ4v) is 6.40. The van der Waals surface area contributed by atoms with Crippen LogP contribution in [0.4, 0.5) is 19.0 Å². The summed E-state index contributed by atoms with van der Waals surface area (Å²) in [5.41, 5.74) is -3.14. The van der Waals surface area contributed by atoms with E-state index in [0.717, 1.165) is 38.2 Å². The van der Waals surface area contributed by atoms with Gasteiger partial charge in [-0.2, -0.15) is 13.2 Å². The summed E-state index contributed by atoms with van der Waals surface area (Å²) >= 11 is 6.31. The van der Waals surface area contributed by atoms with Crippen molar-refractivity contribution >= 4 is 29.2 Å². The fourth-order valence-electron chi connectivity index (χ4n) is 6.17. The second-order valence-electron chi connectivity index (χ2n) is 12.2. The lowest BCUT2D eigenvalue weighted by molar-refractivity contribution is -0.262. The predicted octanol–water partition coefficient (Wildman–Crippen LogP) is 5.68. The van der Waals surface area contributed by atoms with E-state index in [1.54, 1.807) is 26.2 Å². The number of benzene rings is 1. The monoisotopic (exact) mass is 608 g/mol. The van der Waals surface area contributed by atoms with Gasteiger partial charge in [0.2, 0.25) is 0 Å².